The van der Waals surface area contributed by atoms with Gasteiger partial charge in [-0.3, -0.25) is 4.79 Å². The van der Waals surface area contributed by atoms with Crippen LogP contribution >= 0.6 is 0 Å². The maximum absolute atomic E-state index is 12.8. The summed E-state index contributed by atoms with van der Waals surface area (Å²) in [5.74, 6) is -0.868. The van der Waals surface area contributed by atoms with Crippen molar-refractivity contribution < 1.29 is 9.53 Å². The van der Waals surface area contributed by atoms with Gasteiger partial charge in [0.05, 0.1) is 18.5 Å². The summed E-state index contributed by atoms with van der Waals surface area (Å²) in [6.45, 7) is 0. The van der Waals surface area contributed by atoms with Gasteiger partial charge in [-0.05, 0) is 17.7 Å². The van der Waals surface area contributed by atoms with E-state index in [1.165, 1.54) is 7.11 Å². The van der Waals surface area contributed by atoms with Gasteiger partial charge >= 0.3 is 5.97 Å². The minimum atomic E-state index is -0.561. The van der Waals surface area contributed by atoms with Crippen molar-refractivity contribution in [2.45, 2.75) is 5.92 Å². The molecule has 4 nitrogen and oxygen atoms in total. The van der Waals surface area contributed by atoms with Gasteiger partial charge in [0.25, 0.3) is 0 Å². The van der Waals surface area contributed by atoms with Crippen molar-refractivity contribution in [3.05, 3.63) is 96.3 Å². The average Bonchev–Trinajstić information content (AvgIpc) is 3.09. The predicted molar refractivity (Wildman–Crippen MR) is 101 cm³/mol. The average molecular weight is 342 g/mol. The Hall–Kier alpha value is -3.40. The number of hydrogen-bond acceptors (Lipinski definition) is 3. The lowest BCUT2D eigenvalue weighted by Gasteiger charge is -2.17. The molecule has 1 atom stereocenters. The molecule has 4 aromatic rings. The highest BCUT2D eigenvalue weighted by Crippen LogP contribution is 2.34. The zero-order valence-corrected chi connectivity index (χ0v) is 14.4. The topological polar surface area (TPSA) is 43.6 Å². The fourth-order valence-electron chi connectivity index (χ4n) is 3.27. The van der Waals surface area contributed by atoms with E-state index in [0.717, 1.165) is 28.2 Å². The van der Waals surface area contributed by atoms with Crippen LogP contribution in [0, 0.1) is 0 Å². The molecule has 2 aromatic heterocycles. The number of aromatic nitrogens is 2. The first-order valence-electron chi connectivity index (χ1n) is 8.45. The lowest BCUT2D eigenvalue weighted by Crippen LogP contribution is -2.18. The van der Waals surface area contributed by atoms with Crippen LogP contribution in [0.3, 0.4) is 0 Å². The summed E-state index contributed by atoms with van der Waals surface area (Å²) in [6.07, 6.45) is 1.93. The normalized spacial score (nSPS) is 12.0. The number of pyridine rings is 1. The van der Waals surface area contributed by atoms with E-state index >= 15 is 0 Å². The van der Waals surface area contributed by atoms with E-state index in [1.807, 2.05) is 89.5 Å². The summed E-state index contributed by atoms with van der Waals surface area (Å²) >= 11 is 0. The Balaban J connectivity index is 2.03. The van der Waals surface area contributed by atoms with Crippen LogP contribution < -0.4 is 0 Å². The molecule has 0 spiro atoms. The Morgan fingerprint density at radius 2 is 1.58 bits per heavy atom. The first-order valence-corrected chi connectivity index (χ1v) is 8.45. The third-order valence-corrected chi connectivity index (χ3v) is 4.46. The molecule has 0 saturated carbocycles. The molecule has 0 radical (unpaired) electrons. The van der Waals surface area contributed by atoms with Crippen molar-refractivity contribution in [2.24, 2.45) is 0 Å². The Morgan fingerprint density at radius 3 is 2.27 bits per heavy atom. The number of nitrogens with zero attached hydrogens (tertiary/aromatic N) is 2. The van der Waals surface area contributed by atoms with Crippen molar-refractivity contribution in [1.29, 1.82) is 0 Å². The van der Waals surface area contributed by atoms with Crippen LogP contribution in [0.4, 0.5) is 0 Å². The molecule has 26 heavy (non-hydrogen) atoms. The molecule has 0 aliphatic rings. The summed E-state index contributed by atoms with van der Waals surface area (Å²) in [6, 6.07) is 25.4. The van der Waals surface area contributed by atoms with Gasteiger partial charge in [-0.15, -0.1) is 0 Å². The first kappa shape index (κ1) is 16.1. The fraction of sp³-hybridized carbons (Fsp3) is 0.0909. The highest BCUT2D eigenvalue weighted by atomic mass is 16.5. The van der Waals surface area contributed by atoms with E-state index < -0.39 is 5.92 Å². The smallest absolute Gasteiger partial charge is 0.319 e. The second-order valence-electron chi connectivity index (χ2n) is 6.01. The zero-order chi connectivity index (χ0) is 17.9. The van der Waals surface area contributed by atoms with Crippen molar-refractivity contribution in [3.8, 4) is 11.3 Å². The molecule has 0 aliphatic carbocycles. The number of methoxy groups -OCH3 is 1. The molecule has 4 rings (SSSR count). The van der Waals surface area contributed by atoms with E-state index in [0.29, 0.717) is 0 Å². The minimum absolute atomic E-state index is 0.306. The maximum Gasteiger partial charge on any atom is 0.319 e. The second kappa shape index (κ2) is 6.84. The SMILES string of the molecule is COC(=O)C(c1ccccc1)c1c(-c2ccccc2)nc2ccccn12. The molecule has 4 heteroatoms. The molecular formula is C22H18N2O2. The number of benzene rings is 2. The number of carbonyl (C=O) groups excluding carboxylic acids is 1. The van der Waals surface area contributed by atoms with Gasteiger partial charge in [0, 0.05) is 11.8 Å². The number of carbonyl (C=O) groups is 1. The molecule has 0 N–H and O–H groups in total. The van der Waals surface area contributed by atoms with Crippen molar-refractivity contribution in [2.75, 3.05) is 7.11 Å². The molecule has 2 heterocycles. The Bertz CT molecular complexity index is 1040. The molecule has 128 valence electrons. The second-order valence-corrected chi connectivity index (χ2v) is 6.01. The third-order valence-electron chi connectivity index (χ3n) is 4.46. The van der Waals surface area contributed by atoms with Crippen LogP contribution in [0.5, 0.6) is 0 Å². The third kappa shape index (κ3) is 2.75. The summed E-state index contributed by atoms with van der Waals surface area (Å²) in [5, 5.41) is 0. The molecule has 0 bridgehead atoms. The van der Waals surface area contributed by atoms with Crippen molar-refractivity contribution in [3.63, 3.8) is 0 Å². The molecule has 0 aliphatic heterocycles. The van der Waals surface area contributed by atoms with Crippen molar-refractivity contribution >= 4 is 11.6 Å². The molecular weight excluding hydrogens is 324 g/mol. The lowest BCUT2D eigenvalue weighted by atomic mass is 9.92. The molecule has 1 unspecified atom stereocenters. The molecule has 0 fully saturated rings. The predicted octanol–water partition coefficient (Wildman–Crippen LogP) is 4.31. The molecule has 2 aromatic carbocycles. The maximum atomic E-state index is 12.8. The Morgan fingerprint density at radius 1 is 0.923 bits per heavy atom. The van der Waals surface area contributed by atoms with E-state index in [-0.39, 0.29) is 5.97 Å². The van der Waals surface area contributed by atoms with E-state index in [1.54, 1.807) is 0 Å². The monoisotopic (exact) mass is 342 g/mol. The van der Waals surface area contributed by atoms with Gasteiger partial charge < -0.3 is 9.14 Å². The largest absolute Gasteiger partial charge is 0.468 e. The number of hydrogen-bond donors (Lipinski definition) is 0. The van der Waals surface area contributed by atoms with E-state index in [4.69, 9.17) is 9.72 Å². The molecule has 0 amide bonds. The number of ether oxygens (including phenoxy) is 1. The van der Waals surface area contributed by atoms with E-state index in [9.17, 15) is 4.79 Å². The van der Waals surface area contributed by atoms with Crippen LogP contribution in [0.25, 0.3) is 16.9 Å². The Kier molecular flexibility index (Phi) is 4.23. The standard InChI is InChI=1S/C22H18N2O2/c1-26-22(25)19(16-10-4-2-5-11-16)21-20(17-12-6-3-7-13-17)23-18-14-8-9-15-24(18)21/h2-15,19H,1H3. The lowest BCUT2D eigenvalue weighted by molar-refractivity contribution is -0.141. The highest BCUT2D eigenvalue weighted by molar-refractivity contribution is 5.85. The summed E-state index contributed by atoms with van der Waals surface area (Å²) in [7, 11) is 1.42. The van der Waals surface area contributed by atoms with Gasteiger partial charge in [0.2, 0.25) is 0 Å². The Labute approximate surface area is 151 Å². The highest BCUT2D eigenvalue weighted by Gasteiger charge is 2.30. The first-order chi connectivity index (χ1) is 12.8. The summed E-state index contributed by atoms with van der Waals surface area (Å²) < 4.78 is 7.12. The van der Waals surface area contributed by atoms with Crippen LogP contribution in [-0.2, 0) is 9.53 Å². The zero-order valence-electron chi connectivity index (χ0n) is 14.4. The number of rotatable bonds is 4. The quantitative estimate of drug-likeness (QED) is 0.519. The van der Waals surface area contributed by atoms with Gasteiger partial charge in [0.1, 0.15) is 11.6 Å². The fourth-order valence-corrected chi connectivity index (χ4v) is 3.27. The van der Waals surface area contributed by atoms with Gasteiger partial charge in [-0.25, -0.2) is 4.98 Å². The minimum Gasteiger partial charge on any atom is -0.468 e. The summed E-state index contributed by atoms with van der Waals surface area (Å²) in [5.41, 5.74) is 4.24. The molecule has 0 saturated heterocycles. The van der Waals surface area contributed by atoms with Crippen LogP contribution in [0.15, 0.2) is 85.1 Å². The van der Waals surface area contributed by atoms with Gasteiger partial charge in [-0.2, -0.15) is 0 Å². The van der Waals surface area contributed by atoms with Gasteiger partial charge in [-0.1, -0.05) is 66.7 Å². The number of esters is 1. The van der Waals surface area contributed by atoms with Crippen LogP contribution in [0.2, 0.25) is 0 Å². The van der Waals surface area contributed by atoms with Crippen LogP contribution in [-0.4, -0.2) is 22.5 Å². The number of imidazole rings is 1. The van der Waals surface area contributed by atoms with E-state index in [2.05, 4.69) is 0 Å². The summed E-state index contributed by atoms with van der Waals surface area (Å²) in [4.78, 5) is 17.6. The van der Waals surface area contributed by atoms with Crippen molar-refractivity contribution in [1.82, 2.24) is 9.38 Å². The van der Waals surface area contributed by atoms with Gasteiger partial charge in [0.15, 0.2) is 0 Å². The van der Waals surface area contributed by atoms with Crippen LogP contribution in [0.1, 0.15) is 17.2 Å². The number of fused-ring (bicyclic) bond motifs is 1.